The Hall–Kier alpha value is -1.51. The lowest BCUT2D eigenvalue weighted by atomic mass is 9.89. The molecule has 0 aromatic heterocycles. The average molecular weight is 238 g/mol. The minimum Gasteiger partial charge on any atom is -0.204 e. The Morgan fingerprint density at radius 3 is 2.29 bits per heavy atom. The Kier molecular flexibility index (Phi) is 3.36. The van der Waals surface area contributed by atoms with Crippen LogP contribution in [-0.2, 0) is 0 Å². The minimum atomic E-state index is -1.40. The zero-order chi connectivity index (χ0) is 12.4. The summed E-state index contributed by atoms with van der Waals surface area (Å²) in [4.78, 5) is 0. The smallest absolute Gasteiger partial charge is 0.194 e. The highest BCUT2D eigenvalue weighted by Gasteiger charge is 2.16. The quantitative estimate of drug-likeness (QED) is 0.666. The summed E-state index contributed by atoms with van der Waals surface area (Å²) >= 11 is 0. The second-order valence-corrected chi connectivity index (χ2v) is 4.13. The molecule has 0 radical (unpaired) electrons. The molecule has 0 saturated heterocycles. The van der Waals surface area contributed by atoms with Crippen LogP contribution in [-0.4, -0.2) is 0 Å². The largest absolute Gasteiger partial charge is 0.204 e. The number of allylic oxidation sites excluding steroid dienone is 4. The zero-order valence-electron chi connectivity index (χ0n) is 9.51. The average Bonchev–Trinajstić information content (AvgIpc) is 2.35. The van der Waals surface area contributed by atoms with Crippen LogP contribution in [0.3, 0.4) is 0 Å². The fourth-order valence-corrected chi connectivity index (χ4v) is 1.96. The highest BCUT2D eigenvalue weighted by Crippen LogP contribution is 2.29. The molecule has 90 valence electrons. The van der Waals surface area contributed by atoms with Gasteiger partial charge < -0.3 is 0 Å². The maximum Gasteiger partial charge on any atom is 0.194 e. The SMILES string of the molecule is CCC1=CCC(c2cc(F)c(F)c(F)c2)C=C1. The number of halogens is 3. The fourth-order valence-electron chi connectivity index (χ4n) is 1.96. The first kappa shape index (κ1) is 12.0. The molecule has 0 aliphatic heterocycles. The van der Waals surface area contributed by atoms with Gasteiger partial charge in [-0.25, -0.2) is 13.2 Å². The van der Waals surface area contributed by atoms with Crippen LogP contribution in [0.5, 0.6) is 0 Å². The summed E-state index contributed by atoms with van der Waals surface area (Å²) in [6.45, 7) is 2.05. The van der Waals surface area contributed by atoms with E-state index in [1.165, 1.54) is 5.57 Å². The van der Waals surface area contributed by atoms with E-state index >= 15 is 0 Å². The van der Waals surface area contributed by atoms with Gasteiger partial charge in [-0.05, 0) is 30.5 Å². The maximum absolute atomic E-state index is 13.1. The van der Waals surface area contributed by atoms with Gasteiger partial charge in [-0.15, -0.1) is 0 Å². The molecule has 0 fully saturated rings. The molecule has 0 spiro atoms. The van der Waals surface area contributed by atoms with Crippen molar-refractivity contribution < 1.29 is 13.2 Å². The number of hydrogen-bond acceptors (Lipinski definition) is 0. The van der Waals surface area contributed by atoms with Crippen LogP contribution < -0.4 is 0 Å². The summed E-state index contributed by atoms with van der Waals surface area (Å²) in [5, 5.41) is 0. The summed E-state index contributed by atoms with van der Waals surface area (Å²) in [7, 11) is 0. The zero-order valence-corrected chi connectivity index (χ0v) is 9.51. The molecular weight excluding hydrogens is 225 g/mol. The minimum absolute atomic E-state index is 0.0742. The second kappa shape index (κ2) is 4.78. The van der Waals surface area contributed by atoms with Gasteiger partial charge in [0.25, 0.3) is 0 Å². The van der Waals surface area contributed by atoms with Gasteiger partial charge in [0.05, 0.1) is 0 Å². The molecule has 1 atom stereocenters. The van der Waals surface area contributed by atoms with Crippen molar-refractivity contribution in [1.29, 1.82) is 0 Å². The molecule has 0 bridgehead atoms. The number of rotatable bonds is 2. The van der Waals surface area contributed by atoms with E-state index in [-0.39, 0.29) is 5.92 Å². The molecule has 0 saturated carbocycles. The Bertz CT molecular complexity index is 463. The first-order valence-corrected chi connectivity index (χ1v) is 5.63. The second-order valence-electron chi connectivity index (χ2n) is 4.13. The van der Waals surface area contributed by atoms with Crippen LogP contribution in [0, 0.1) is 17.5 Å². The van der Waals surface area contributed by atoms with Gasteiger partial charge in [0.2, 0.25) is 0 Å². The summed E-state index contributed by atoms with van der Waals surface area (Å²) in [5.74, 6) is -3.73. The van der Waals surface area contributed by atoms with Gasteiger partial charge in [0.1, 0.15) is 0 Å². The predicted octanol–water partition coefficient (Wildman–Crippen LogP) is 4.48. The standard InChI is InChI=1S/C14H13F3/c1-2-9-3-5-10(6-4-9)11-7-12(15)14(17)13(16)8-11/h3-5,7-8,10H,2,6H2,1H3. The van der Waals surface area contributed by atoms with E-state index in [9.17, 15) is 13.2 Å². The van der Waals surface area contributed by atoms with Crippen molar-refractivity contribution in [2.75, 3.05) is 0 Å². The normalized spacial score (nSPS) is 19.3. The Morgan fingerprint density at radius 2 is 1.82 bits per heavy atom. The van der Waals surface area contributed by atoms with Crippen molar-refractivity contribution in [2.24, 2.45) is 0 Å². The molecule has 1 aromatic rings. The number of benzene rings is 1. The van der Waals surface area contributed by atoms with E-state index < -0.39 is 17.5 Å². The lowest BCUT2D eigenvalue weighted by molar-refractivity contribution is 0.444. The van der Waals surface area contributed by atoms with E-state index in [4.69, 9.17) is 0 Å². The van der Waals surface area contributed by atoms with Crippen LogP contribution in [0.2, 0.25) is 0 Å². The third-order valence-corrected chi connectivity index (χ3v) is 3.02. The van der Waals surface area contributed by atoms with Crippen LogP contribution in [0.4, 0.5) is 13.2 Å². The molecule has 2 rings (SSSR count). The van der Waals surface area contributed by atoms with Gasteiger partial charge >= 0.3 is 0 Å². The van der Waals surface area contributed by atoms with Gasteiger partial charge in [-0.1, -0.05) is 30.7 Å². The van der Waals surface area contributed by atoms with E-state index in [0.29, 0.717) is 12.0 Å². The maximum atomic E-state index is 13.1. The van der Waals surface area contributed by atoms with E-state index in [1.807, 2.05) is 25.2 Å². The van der Waals surface area contributed by atoms with Crippen molar-refractivity contribution >= 4 is 0 Å². The highest BCUT2D eigenvalue weighted by atomic mass is 19.2. The van der Waals surface area contributed by atoms with Gasteiger partial charge in [-0.2, -0.15) is 0 Å². The third-order valence-electron chi connectivity index (χ3n) is 3.02. The fraction of sp³-hybridized carbons (Fsp3) is 0.286. The Morgan fingerprint density at radius 1 is 1.18 bits per heavy atom. The van der Waals surface area contributed by atoms with Gasteiger partial charge in [-0.3, -0.25) is 0 Å². The predicted molar refractivity (Wildman–Crippen MR) is 61.2 cm³/mol. The van der Waals surface area contributed by atoms with Gasteiger partial charge in [0, 0.05) is 5.92 Å². The molecular formula is C14H13F3. The molecule has 3 heteroatoms. The molecule has 1 aliphatic rings. The number of hydrogen-bond donors (Lipinski definition) is 0. The van der Waals surface area contributed by atoms with Gasteiger partial charge in [0.15, 0.2) is 17.5 Å². The van der Waals surface area contributed by atoms with Crippen LogP contribution in [0.25, 0.3) is 0 Å². The summed E-state index contributed by atoms with van der Waals surface area (Å²) < 4.78 is 39.0. The van der Waals surface area contributed by atoms with Crippen molar-refractivity contribution in [3.05, 3.63) is 58.9 Å². The molecule has 17 heavy (non-hydrogen) atoms. The molecule has 0 amide bonds. The summed E-state index contributed by atoms with van der Waals surface area (Å²) in [6.07, 6.45) is 7.54. The van der Waals surface area contributed by atoms with E-state index in [2.05, 4.69) is 0 Å². The van der Waals surface area contributed by atoms with Crippen LogP contribution >= 0.6 is 0 Å². The molecule has 1 aliphatic carbocycles. The molecule has 1 unspecified atom stereocenters. The third kappa shape index (κ3) is 2.43. The van der Waals surface area contributed by atoms with Crippen molar-refractivity contribution in [3.8, 4) is 0 Å². The molecule has 0 heterocycles. The first-order valence-electron chi connectivity index (χ1n) is 5.63. The van der Waals surface area contributed by atoms with Crippen LogP contribution in [0.1, 0.15) is 31.2 Å². The summed E-state index contributed by atoms with van der Waals surface area (Å²) in [5.41, 5.74) is 1.69. The van der Waals surface area contributed by atoms with E-state index in [1.54, 1.807) is 0 Å². The Balaban J connectivity index is 2.26. The molecule has 0 N–H and O–H groups in total. The lowest BCUT2D eigenvalue weighted by Gasteiger charge is -2.16. The van der Waals surface area contributed by atoms with Crippen molar-refractivity contribution in [2.45, 2.75) is 25.7 Å². The topological polar surface area (TPSA) is 0 Å². The summed E-state index contributed by atoms with van der Waals surface area (Å²) in [6, 6.07) is 2.14. The molecule has 0 nitrogen and oxygen atoms in total. The highest BCUT2D eigenvalue weighted by molar-refractivity contribution is 5.33. The Labute approximate surface area is 98.5 Å². The van der Waals surface area contributed by atoms with Crippen molar-refractivity contribution in [1.82, 2.24) is 0 Å². The molecule has 1 aromatic carbocycles. The monoisotopic (exact) mass is 238 g/mol. The van der Waals surface area contributed by atoms with Crippen molar-refractivity contribution in [3.63, 3.8) is 0 Å². The lowest BCUT2D eigenvalue weighted by Crippen LogP contribution is -2.02. The van der Waals surface area contributed by atoms with Crippen LogP contribution in [0.15, 0.2) is 35.9 Å². The first-order chi connectivity index (χ1) is 8.11. The van der Waals surface area contributed by atoms with E-state index in [0.717, 1.165) is 18.6 Å².